The molecule has 1 aliphatic rings. The highest BCUT2D eigenvalue weighted by molar-refractivity contribution is 7.89. The predicted octanol–water partition coefficient (Wildman–Crippen LogP) is 2.73. The first-order valence-electron chi connectivity index (χ1n) is 9.75. The van der Waals surface area contributed by atoms with Gasteiger partial charge in [-0.25, -0.2) is 8.42 Å². The number of para-hydroxylation sites is 1. The van der Waals surface area contributed by atoms with Gasteiger partial charge in [0.05, 0.1) is 17.6 Å². The highest BCUT2D eigenvalue weighted by Crippen LogP contribution is 2.27. The van der Waals surface area contributed by atoms with Crippen molar-refractivity contribution in [2.24, 2.45) is 0 Å². The van der Waals surface area contributed by atoms with Crippen molar-refractivity contribution in [3.63, 3.8) is 0 Å². The Morgan fingerprint density at radius 3 is 2.55 bits per heavy atom. The van der Waals surface area contributed by atoms with E-state index in [-0.39, 0.29) is 43.4 Å². The number of nitrogens with zero attached hydrogens (tertiary/aromatic N) is 3. The molecule has 3 aromatic rings. The quantitative estimate of drug-likeness (QED) is 0.442. The lowest BCUT2D eigenvalue weighted by molar-refractivity contribution is -0.387. The average Bonchev–Trinajstić information content (AvgIpc) is 3.15. The molecule has 0 N–H and O–H groups in total. The van der Waals surface area contributed by atoms with E-state index in [0.29, 0.717) is 0 Å². The molecule has 1 saturated heterocycles. The largest absolute Gasteiger partial charge is 0.464 e. The van der Waals surface area contributed by atoms with Crippen LogP contribution in [-0.4, -0.2) is 54.6 Å². The summed E-state index contributed by atoms with van der Waals surface area (Å²) in [7, 11) is -4.03. The second kappa shape index (κ2) is 8.12. The summed E-state index contributed by atoms with van der Waals surface area (Å²) in [4.78, 5) is 24.6. The smallest absolute Gasteiger partial charge is 0.289 e. The minimum atomic E-state index is -4.03. The van der Waals surface area contributed by atoms with Crippen LogP contribution in [0.25, 0.3) is 11.0 Å². The number of furan rings is 1. The third-order valence-corrected chi connectivity index (χ3v) is 7.37. The maximum atomic E-state index is 12.9. The molecule has 10 heteroatoms. The number of rotatable bonds is 5. The number of carbonyl (C=O) groups excluding carboxylic acids is 1. The third-order valence-electron chi connectivity index (χ3n) is 5.42. The normalized spacial score (nSPS) is 15.3. The fraction of sp³-hybridized carbons (Fsp3) is 0.286. The SMILES string of the molecule is Cc1ccc2c(CC(=O)N3CCN(S(=O)(=O)c4ccccc4[N+](=O)[O-])CC3)coc2c1. The molecule has 9 nitrogen and oxygen atoms in total. The fourth-order valence-corrected chi connectivity index (χ4v) is 5.32. The minimum absolute atomic E-state index is 0.0749. The van der Waals surface area contributed by atoms with Crippen LogP contribution in [0.5, 0.6) is 0 Å². The molecule has 4 rings (SSSR count). The second-order valence-electron chi connectivity index (χ2n) is 7.45. The van der Waals surface area contributed by atoms with Crippen LogP contribution in [0.1, 0.15) is 11.1 Å². The standard InChI is InChI=1S/C21H21N3O6S/c1-15-6-7-17-16(14-30-19(17)12-15)13-21(25)22-8-10-23(11-9-22)31(28,29)20-5-3-2-4-18(20)24(26)27/h2-7,12,14H,8-11,13H2,1H3. The summed E-state index contributed by atoms with van der Waals surface area (Å²) in [6, 6.07) is 11.1. The van der Waals surface area contributed by atoms with E-state index in [0.717, 1.165) is 22.1 Å². The van der Waals surface area contributed by atoms with Crippen molar-refractivity contribution in [2.75, 3.05) is 26.2 Å². The summed E-state index contributed by atoms with van der Waals surface area (Å²) in [6.45, 7) is 2.54. The van der Waals surface area contributed by atoms with Crippen LogP contribution in [0, 0.1) is 17.0 Å². The summed E-state index contributed by atoms with van der Waals surface area (Å²) >= 11 is 0. The van der Waals surface area contributed by atoms with Crippen molar-refractivity contribution < 1.29 is 22.6 Å². The maximum Gasteiger partial charge on any atom is 0.289 e. The van der Waals surface area contributed by atoms with Gasteiger partial charge in [-0.3, -0.25) is 14.9 Å². The molecule has 1 aromatic heterocycles. The first-order valence-corrected chi connectivity index (χ1v) is 11.2. The van der Waals surface area contributed by atoms with Gasteiger partial charge in [0.1, 0.15) is 5.58 Å². The lowest BCUT2D eigenvalue weighted by Crippen LogP contribution is -2.50. The minimum Gasteiger partial charge on any atom is -0.464 e. The van der Waals surface area contributed by atoms with Gasteiger partial charge in [-0.05, 0) is 24.6 Å². The lowest BCUT2D eigenvalue weighted by Gasteiger charge is -2.34. The highest BCUT2D eigenvalue weighted by atomic mass is 32.2. The Labute approximate surface area is 179 Å². The van der Waals surface area contributed by atoms with Crippen LogP contribution in [0.2, 0.25) is 0 Å². The van der Waals surface area contributed by atoms with Gasteiger partial charge in [-0.2, -0.15) is 4.31 Å². The van der Waals surface area contributed by atoms with Gasteiger partial charge in [0.25, 0.3) is 5.69 Å². The zero-order valence-electron chi connectivity index (χ0n) is 16.9. The number of fused-ring (bicyclic) bond motifs is 1. The zero-order chi connectivity index (χ0) is 22.2. The molecule has 0 radical (unpaired) electrons. The van der Waals surface area contributed by atoms with Gasteiger partial charge in [0.2, 0.25) is 15.9 Å². The Bertz CT molecular complexity index is 1260. The number of aryl methyl sites for hydroxylation is 1. The molecular weight excluding hydrogens is 422 g/mol. The second-order valence-corrected chi connectivity index (χ2v) is 9.35. The number of nitro groups is 1. The first kappa shape index (κ1) is 21.0. The Balaban J connectivity index is 1.44. The van der Waals surface area contributed by atoms with Gasteiger partial charge < -0.3 is 9.32 Å². The molecule has 0 bridgehead atoms. The van der Waals surface area contributed by atoms with Gasteiger partial charge in [-0.1, -0.05) is 24.3 Å². The number of piperazine rings is 1. The van der Waals surface area contributed by atoms with Crippen molar-refractivity contribution in [2.45, 2.75) is 18.2 Å². The van der Waals surface area contributed by atoms with E-state index in [1.54, 1.807) is 11.2 Å². The zero-order valence-corrected chi connectivity index (χ0v) is 17.7. The summed E-state index contributed by atoms with van der Waals surface area (Å²) < 4.78 is 32.6. The van der Waals surface area contributed by atoms with Gasteiger partial charge in [-0.15, -0.1) is 0 Å². The summed E-state index contributed by atoms with van der Waals surface area (Å²) in [5.74, 6) is -0.119. The molecule has 0 unspecified atom stereocenters. The van der Waals surface area contributed by atoms with E-state index < -0.39 is 20.6 Å². The third kappa shape index (κ3) is 4.04. The topological polar surface area (TPSA) is 114 Å². The van der Waals surface area contributed by atoms with Crippen LogP contribution >= 0.6 is 0 Å². The average molecular weight is 443 g/mol. The Kier molecular flexibility index (Phi) is 5.50. The molecule has 0 aliphatic carbocycles. The number of nitro benzene ring substituents is 1. The molecule has 1 fully saturated rings. The first-order chi connectivity index (χ1) is 14.8. The van der Waals surface area contributed by atoms with Gasteiger partial charge in [0, 0.05) is 43.2 Å². The monoisotopic (exact) mass is 443 g/mol. The number of amides is 1. The van der Waals surface area contributed by atoms with Crippen molar-refractivity contribution in [1.29, 1.82) is 0 Å². The molecule has 162 valence electrons. The number of benzene rings is 2. The van der Waals surface area contributed by atoms with E-state index in [9.17, 15) is 23.3 Å². The van der Waals surface area contributed by atoms with E-state index in [4.69, 9.17) is 4.42 Å². The number of hydrogen-bond acceptors (Lipinski definition) is 6. The Hall–Kier alpha value is -3.24. The van der Waals surface area contributed by atoms with Crippen LogP contribution in [0.4, 0.5) is 5.69 Å². The van der Waals surface area contributed by atoms with Crippen molar-refractivity contribution in [3.8, 4) is 0 Å². The summed E-state index contributed by atoms with van der Waals surface area (Å²) in [5.41, 5.74) is 2.12. The Morgan fingerprint density at radius 2 is 1.84 bits per heavy atom. The van der Waals surface area contributed by atoms with E-state index in [1.807, 2.05) is 25.1 Å². The van der Waals surface area contributed by atoms with Crippen molar-refractivity contribution in [1.82, 2.24) is 9.21 Å². The predicted molar refractivity (Wildman–Crippen MR) is 113 cm³/mol. The molecule has 0 saturated carbocycles. The van der Waals surface area contributed by atoms with Crippen LogP contribution in [0.15, 0.2) is 58.0 Å². The van der Waals surface area contributed by atoms with Crippen LogP contribution in [-0.2, 0) is 21.2 Å². The molecule has 0 atom stereocenters. The Morgan fingerprint density at radius 1 is 1.13 bits per heavy atom. The van der Waals surface area contributed by atoms with Gasteiger partial charge in [0.15, 0.2) is 4.90 Å². The molecule has 2 heterocycles. The number of sulfonamides is 1. The van der Waals surface area contributed by atoms with E-state index >= 15 is 0 Å². The molecule has 2 aromatic carbocycles. The number of hydrogen-bond donors (Lipinski definition) is 0. The molecule has 1 aliphatic heterocycles. The molecule has 0 spiro atoms. The summed E-state index contributed by atoms with van der Waals surface area (Å²) in [6.07, 6.45) is 1.74. The van der Waals surface area contributed by atoms with Crippen LogP contribution < -0.4 is 0 Å². The van der Waals surface area contributed by atoms with Gasteiger partial charge >= 0.3 is 0 Å². The lowest BCUT2D eigenvalue weighted by atomic mass is 10.1. The van der Waals surface area contributed by atoms with E-state index in [2.05, 4.69) is 0 Å². The van der Waals surface area contributed by atoms with Crippen LogP contribution in [0.3, 0.4) is 0 Å². The number of carbonyl (C=O) groups is 1. The van der Waals surface area contributed by atoms with Crippen molar-refractivity contribution >= 4 is 32.6 Å². The van der Waals surface area contributed by atoms with E-state index in [1.165, 1.54) is 28.6 Å². The highest BCUT2D eigenvalue weighted by Gasteiger charge is 2.34. The molecule has 31 heavy (non-hydrogen) atoms. The molecule has 1 amide bonds. The summed E-state index contributed by atoms with van der Waals surface area (Å²) in [5, 5.41) is 12.1. The fourth-order valence-electron chi connectivity index (χ4n) is 3.75. The maximum absolute atomic E-state index is 12.9. The van der Waals surface area contributed by atoms with Crippen molar-refractivity contribution in [3.05, 3.63) is 70.0 Å². The molecular formula is C21H21N3O6S.